The summed E-state index contributed by atoms with van der Waals surface area (Å²) in [6, 6.07) is 1.54. The lowest BCUT2D eigenvalue weighted by atomic mass is 9.93. The van der Waals surface area contributed by atoms with Crippen molar-refractivity contribution >= 4 is 8.07 Å². The summed E-state index contributed by atoms with van der Waals surface area (Å²) in [6.07, 6.45) is 3.96. The highest BCUT2D eigenvalue weighted by Gasteiger charge is 2.53. The average Bonchev–Trinajstić information content (AvgIpc) is 2.18. The maximum absolute atomic E-state index is 2.57. The van der Waals surface area contributed by atoms with Crippen LogP contribution in [0, 0.1) is 5.92 Å². The number of hydrogen-bond donors (Lipinski definition) is 0. The van der Waals surface area contributed by atoms with E-state index in [4.69, 9.17) is 0 Å². The van der Waals surface area contributed by atoms with Crippen LogP contribution in [0.2, 0.25) is 17.6 Å². The molecule has 10 heavy (non-hydrogen) atoms. The van der Waals surface area contributed by atoms with Crippen molar-refractivity contribution in [3.63, 3.8) is 0 Å². The molecule has 0 radical (unpaired) electrons. The Hall–Kier alpha value is -0.0431. The first kappa shape index (κ1) is 6.65. The van der Waals surface area contributed by atoms with Gasteiger partial charge in [0.05, 0.1) is 8.07 Å². The third-order valence-electron chi connectivity index (χ3n) is 4.07. The van der Waals surface area contributed by atoms with Crippen LogP contribution in [0.1, 0.15) is 20.3 Å². The summed E-state index contributed by atoms with van der Waals surface area (Å²) in [5.41, 5.74) is 2.57. The summed E-state index contributed by atoms with van der Waals surface area (Å²) < 4.78 is 0. The van der Waals surface area contributed by atoms with Gasteiger partial charge in [0.1, 0.15) is 0 Å². The fourth-order valence-electron chi connectivity index (χ4n) is 2.53. The molecule has 0 aromatic heterocycles. The van der Waals surface area contributed by atoms with E-state index in [0.29, 0.717) is 5.04 Å². The van der Waals surface area contributed by atoms with Gasteiger partial charge in [-0.25, -0.2) is 0 Å². The Labute approximate surface area is 64.3 Å². The fourth-order valence-corrected chi connectivity index (χ4v) is 6.42. The summed E-state index contributed by atoms with van der Waals surface area (Å²) in [4.78, 5) is 0. The average molecular weight is 152 g/mol. The SMILES string of the molecule is CC1(C)C2C=C[Si]1(C)CC2. The molecule has 2 atom stereocenters. The van der Waals surface area contributed by atoms with Crippen molar-refractivity contribution in [3.8, 4) is 0 Å². The molecule has 2 unspecified atom stereocenters. The lowest BCUT2D eigenvalue weighted by molar-refractivity contribution is 0.511. The van der Waals surface area contributed by atoms with Crippen LogP contribution < -0.4 is 0 Å². The van der Waals surface area contributed by atoms with Crippen LogP contribution in [-0.4, -0.2) is 8.07 Å². The minimum Gasteiger partial charge on any atom is -0.0976 e. The van der Waals surface area contributed by atoms with Gasteiger partial charge in [-0.1, -0.05) is 38.2 Å². The highest BCUT2D eigenvalue weighted by Crippen LogP contribution is 2.60. The molecule has 1 saturated heterocycles. The molecule has 0 aliphatic carbocycles. The van der Waals surface area contributed by atoms with Crippen LogP contribution in [0.15, 0.2) is 11.8 Å². The van der Waals surface area contributed by atoms with Gasteiger partial charge in [-0.15, -0.1) is 0 Å². The quantitative estimate of drug-likeness (QED) is 0.468. The standard InChI is InChI=1S/C9H16Si/c1-9(2)8-4-6-10(9,3)7-5-8/h4,6,8H,5,7H2,1-3H3. The molecule has 0 aromatic carbocycles. The number of fused-ring (bicyclic) bond motifs is 2. The Bertz CT molecular complexity index is 193. The summed E-state index contributed by atoms with van der Waals surface area (Å²) >= 11 is 0. The second kappa shape index (κ2) is 1.58. The molecular weight excluding hydrogens is 136 g/mol. The van der Waals surface area contributed by atoms with Crippen molar-refractivity contribution in [3.05, 3.63) is 11.8 Å². The number of rotatable bonds is 0. The third-order valence-corrected chi connectivity index (χ3v) is 9.64. The molecule has 2 aliphatic rings. The van der Waals surface area contributed by atoms with Gasteiger partial charge in [0.2, 0.25) is 0 Å². The van der Waals surface area contributed by atoms with E-state index in [2.05, 4.69) is 32.2 Å². The molecule has 1 heteroatoms. The summed E-state index contributed by atoms with van der Waals surface area (Å²) in [7, 11) is -0.894. The molecule has 56 valence electrons. The molecule has 2 bridgehead atoms. The minimum absolute atomic E-state index is 0.688. The van der Waals surface area contributed by atoms with Crippen molar-refractivity contribution in [2.45, 2.75) is 37.9 Å². The predicted molar refractivity (Wildman–Crippen MR) is 47.7 cm³/mol. The molecule has 1 fully saturated rings. The van der Waals surface area contributed by atoms with E-state index < -0.39 is 8.07 Å². The van der Waals surface area contributed by atoms with Crippen LogP contribution in [0.5, 0.6) is 0 Å². The second-order valence-corrected chi connectivity index (χ2v) is 9.60. The molecule has 0 aromatic rings. The van der Waals surface area contributed by atoms with Crippen LogP contribution in [-0.2, 0) is 0 Å². The van der Waals surface area contributed by atoms with E-state index in [-0.39, 0.29) is 0 Å². The zero-order chi connectivity index (χ0) is 7.41. The van der Waals surface area contributed by atoms with Crippen molar-refractivity contribution in [1.29, 1.82) is 0 Å². The number of allylic oxidation sites excluding steroid dienone is 1. The Morgan fingerprint density at radius 1 is 1.50 bits per heavy atom. The van der Waals surface area contributed by atoms with Gasteiger partial charge in [-0.3, -0.25) is 0 Å². The van der Waals surface area contributed by atoms with Gasteiger partial charge >= 0.3 is 0 Å². The summed E-state index contributed by atoms with van der Waals surface area (Å²) in [6.45, 7) is 7.48. The van der Waals surface area contributed by atoms with Crippen molar-refractivity contribution in [2.24, 2.45) is 5.92 Å². The topological polar surface area (TPSA) is 0 Å². The first-order valence-corrected chi connectivity index (χ1v) is 7.04. The number of hydrogen-bond acceptors (Lipinski definition) is 0. The smallest absolute Gasteiger partial charge is 0.0805 e. The van der Waals surface area contributed by atoms with Crippen LogP contribution in [0.3, 0.4) is 0 Å². The maximum atomic E-state index is 2.57. The first-order chi connectivity index (χ1) is 4.56. The molecule has 0 spiro atoms. The summed E-state index contributed by atoms with van der Waals surface area (Å²) in [5.74, 6) is 0.934. The molecule has 0 amide bonds. The Morgan fingerprint density at radius 2 is 2.20 bits per heavy atom. The van der Waals surface area contributed by atoms with Crippen LogP contribution in [0.4, 0.5) is 0 Å². The second-order valence-electron chi connectivity index (χ2n) is 4.64. The Balaban J connectivity index is 2.45. The monoisotopic (exact) mass is 152 g/mol. The summed E-state index contributed by atoms with van der Waals surface area (Å²) in [5, 5.41) is 0.688. The maximum Gasteiger partial charge on any atom is 0.0805 e. The van der Waals surface area contributed by atoms with Gasteiger partial charge in [0.25, 0.3) is 0 Å². The van der Waals surface area contributed by atoms with Crippen molar-refractivity contribution in [2.75, 3.05) is 0 Å². The van der Waals surface area contributed by atoms with E-state index in [1.165, 1.54) is 6.42 Å². The van der Waals surface area contributed by atoms with Crippen LogP contribution >= 0.6 is 0 Å². The van der Waals surface area contributed by atoms with Gasteiger partial charge in [0.15, 0.2) is 0 Å². The van der Waals surface area contributed by atoms with Crippen molar-refractivity contribution < 1.29 is 0 Å². The van der Waals surface area contributed by atoms with Crippen molar-refractivity contribution in [1.82, 2.24) is 0 Å². The molecule has 2 heterocycles. The molecule has 0 saturated carbocycles. The van der Waals surface area contributed by atoms with Crippen LogP contribution in [0.25, 0.3) is 0 Å². The van der Waals surface area contributed by atoms with Gasteiger partial charge in [-0.2, -0.15) is 0 Å². The normalized spacial score (nSPS) is 48.5. The highest BCUT2D eigenvalue weighted by atomic mass is 28.3. The molecule has 2 aliphatic heterocycles. The van der Waals surface area contributed by atoms with Gasteiger partial charge < -0.3 is 0 Å². The molecule has 2 rings (SSSR count). The first-order valence-electron chi connectivity index (χ1n) is 4.26. The fraction of sp³-hybridized carbons (Fsp3) is 0.778. The van der Waals surface area contributed by atoms with E-state index in [1.807, 2.05) is 0 Å². The predicted octanol–water partition coefficient (Wildman–Crippen LogP) is 2.97. The largest absolute Gasteiger partial charge is 0.0976 e. The zero-order valence-corrected chi connectivity index (χ0v) is 8.15. The van der Waals surface area contributed by atoms with E-state index >= 15 is 0 Å². The highest BCUT2D eigenvalue weighted by molar-refractivity contribution is 6.87. The molecule has 0 nitrogen and oxygen atoms in total. The lowest BCUT2D eigenvalue weighted by Crippen LogP contribution is -2.33. The Kier molecular flexibility index (Phi) is 1.05. The molecular formula is C9H16Si. The van der Waals surface area contributed by atoms with Gasteiger partial charge in [-0.05, 0) is 17.4 Å². The van der Waals surface area contributed by atoms with Gasteiger partial charge in [0, 0.05) is 0 Å². The lowest BCUT2D eigenvalue weighted by Gasteiger charge is -2.31. The molecule has 0 N–H and O–H groups in total. The third kappa shape index (κ3) is 0.530. The van der Waals surface area contributed by atoms with E-state index in [1.54, 1.807) is 6.04 Å². The van der Waals surface area contributed by atoms with E-state index in [9.17, 15) is 0 Å². The zero-order valence-electron chi connectivity index (χ0n) is 7.15. The van der Waals surface area contributed by atoms with E-state index in [0.717, 1.165) is 5.92 Å². The Morgan fingerprint density at radius 3 is 2.30 bits per heavy atom. The minimum atomic E-state index is -0.894.